The van der Waals surface area contributed by atoms with E-state index in [-0.39, 0.29) is 5.97 Å². The first-order valence-corrected chi connectivity index (χ1v) is 14.3. The predicted molar refractivity (Wildman–Crippen MR) is 149 cm³/mol. The summed E-state index contributed by atoms with van der Waals surface area (Å²) in [5.74, 6) is 4.27. The Morgan fingerprint density at radius 3 is 1.89 bits per heavy atom. The van der Waals surface area contributed by atoms with Crippen LogP contribution < -0.4 is 4.90 Å². The van der Waals surface area contributed by atoms with Crippen molar-refractivity contribution < 1.29 is 9.53 Å². The van der Waals surface area contributed by atoms with Gasteiger partial charge >= 0.3 is 5.97 Å². The fourth-order valence-corrected chi connectivity index (χ4v) is 7.83. The van der Waals surface area contributed by atoms with Crippen LogP contribution in [0.5, 0.6) is 0 Å². The van der Waals surface area contributed by atoms with Gasteiger partial charge in [-0.2, -0.15) is 0 Å². The van der Waals surface area contributed by atoms with E-state index in [0.29, 0.717) is 12.2 Å². The second-order valence-corrected chi connectivity index (χ2v) is 11.7. The molecule has 3 nitrogen and oxygen atoms in total. The first-order valence-electron chi connectivity index (χ1n) is 14.3. The third-order valence-electron chi connectivity index (χ3n) is 9.25. The number of benzene rings is 3. The van der Waals surface area contributed by atoms with Crippen LogP contribution in [0.2, 0.25) is 0 Å². The number of carbonyl (C=O) groups is 1. The molecule has 4 fully saturated rings. The summed E-state index contributed by atoms with van der Waals surface area (Å²) in [5.41, 5.74) is 5.78. The van der Waals surface area contributed by atoms with Crippen LogP contribution in [-0.4, -0.2) is 12.6 Å². The number of hydrogen-bond donors (Lipinski definition) is 0. The molecular weight excluding hydrogens is 454 g/mol. The van der Waals surface area contributed by atoms with Gasteiger partial charge in [0.2, 0.25) is 0 Å². The number of nitrogens with zero attached hydrogens (tertiary/aromatic N) is 1. The fourth-order valence-electron chi connectivity index (χ4n) is 7.83. The van der Waals surface area contributed by atoms with Gasteiger partial charge in [-0.1, -0.05) is 66.7 Å². The van der Waals surface area contributed by atoms with Crippen molar-refractivity contribution in [2.24, 2.45) is 29.6 Å². The lowest BCUT2D eigenvalue weighted by Crippen LogP contribution is -2.45. The van der Waals surface area contributed by atoms with Crippen LogP contribution in [0.1, 0.15) is 66.1 Å². The highest BCUT2D eigenvalue weighted by Gasteiger charge is 2.48. The molecule has 0 aliphatic heterocycles. The Bertz CT molecular complexity index is 1140. The third-order valence-corrected chi connectivity index (χ3v) is 9.25. The molecule has 0 amide bonds. The van der Waals surface area contributed by atoms with Crippen LogP contribution in [0.4, 0.5) is 5.69 Å². The summed E-state index contributed by atoms with van der Waals surface area (Å²) in [7, 11) is 0. The van der Waals surface area contributed by atoms with Crippen molar-refractivity contribution in [2.75, 3.05) is 11.5 Å². The van der Waals surface area contributed by atoms with Gasteiger partial charge in [-0.15, -0.1) is 0 Å². The smallest absolute Gasteiger partial charge is 0.338 e. The van der Waals surface area contributed by atoms with Gasteiger partial charge in [-0.05, 0) is 104 Å². The summed E-state index contributed by atoms with van der Waals surface area (Å²) < 4.78 is 5.41. The Morgan fingerprint density at radius 1 is 0.784 bits per heavy atom. The Kier molecular flexibility index (Phi) is 7.04. The number of rotatable bonds is 9. The summed E-state index contributed by atoms with van der Waals surface area (Å²) >= 11 is 0. The molecule has 3 aromatic rings. The van der Waals surface area contributed by atoms with Gasteiger partial charge in [-0.3, -0.25) is 0 Å². The van der Waals surface area contributed by atoms with Crippen molar-refractivity contribution in [3.63, 3.8) is 0 Å². The number of carbonyl (C=O) groups excluding carboxylic acids is 1. The zero-order valence-corrected chi connectivity index (χ0v) is 22.0. The molecule has 192 valence electrons. The lowest BCUT2D eigenvalue weighted by atomic mass is 9.51. The van der Waals surface area contributed by atoms with Gasteiger partial charge in [0.15, 0.2) is 0 Å². The van der Waals surface area contributed by atoms with E-state index >= 15 is 0 Å². The van der Waals surface area contributed by atoms with E-state index in [4.69, 9.17) is 4.74 Å². The molecule has 4 aliphatic carbocycles. The molecule has 37 heavy (non-hydrogen) atoms. The maximum Gasteiger partial charge on any atom is 0.338 e. The molecule has 0 radical (unpaired) electrons. The predicted octanol–water partition coefficient (Wildman–Crippen LogP) is 7.68. The van der Waals surface area contributed by atoms with E-state index in [1.165, 1.54) is 54.5 Å². The first-order chi connectivity index (χ1) is 18.2. The van der Waals surface area contributed by atoms with Crippen molar-refractivity contribution in [2.45, 2.75) is 58.5 Å². The van der Waals surface area contributed by atoms with Gasteiger partial charge in [-0.25, -0.2) is 4.79 Å². The molecule has 0 aromatic heterocycles. The van der Waals surface area contributed by atoms with Crippen molar-refractivity contribution in [3.8, 4) is 0 Å². The Morgan fingerprint density at radius 2 is 1.35 bits per heavy atom. The molecule has 4 saturated carbocycles. The van der Waals surface area contributed by atoms with Crippen LogP contribution in [0.3, 0.4) is 0 Å². The van der Waals surface area contributed by atoms with Crippen LogP contribution >= 0.6 is 0 Å². The molecule has 0 N–H and O–H groups in total. The van der Waals surface area contributed by atoms with Crippen molar-refractivity contribution in [1.82, 2.24) is 0 Å². The van der Waals surface area contributed by atoms with Crippen LogP contribution in [0.15, 0.2) is 78.9 Å². The van der Waals surface area contributed by atoms with Crippen LogP contribution in [-0.2, 0) is 24.2 Å². The van der Waals surface area contributed by atoms with Crippen molar-refractivity contribution >= 4 is 11.7 Å². The molecule has 3 aromatic carbocycles. The monoisotopic (exact) mass is 493 g/mol. The van der Waals surface area contributed by atoms with E-state index < -0.39 is 0 Å². The van der Waals surface area contributed by atoms with E-state index in [0.717, 1.165) is 49.1 Å². The molecule has 3 heteroatoms. The zero-order chi connectivity index (χ0) is 25.2. The molecule has 0 atom stereocenters. The normalized spacial score (nSPS) is 25.7. The molecule has 0 saturated heterocycles. The maximum atomic E-state index is 12.8. The number of ether oxygens (including phenoxy) is 1. The number of anilines is 1. The minimum atomic E-state index is -0.232. The summed E-state index contributed by atoms with van der Waals surface area (Å²) in [5, 5.41) is 0. The Hall–Kier alpha value is -3.07. The average molecular weight is 494 g/mol. The van der Waals surface area contributed by atoms with E-state index in [2.05, 4.69) is 77.7 Å². The van der Waals surface area contributed by atoms with Crippen molar-refractivity contribution in [1.29, 1.82) is 0 Å². The third kappa shape index (κ3) is 5.32. The van der Waals surface area contributed by atoms with E-state index in [9.17, 15) is 4.79 Å². The van der Waals surface area contributed by atoms with Gasteiger partial charge in [0.05, 0.1) is 12.2 Å². The quantitative estimate of drug-likeness (QED) is 0.286. The molecular formula is C34H39NO2. The molecule has 4 bridgehead atoms. The summed E-state index contributed by atoms with van der Waals surface area (Å²) in [6, 6.07) is 27.7. The fraction of sp³-hybridized carbons (Fsp3) is 0.441. The zero-order valence-electron chi connectivity index (χ0n) is 22.0. The topological polar surface area (TPSA) is 29.5 Å². The van der Waals surface area contributed by atoms with Gasteiger partial charge in [0, 0.05) is 18.8 Å². The Balaban J connectivity index is 1.37. The van der Waals surface area contributed by atoms with Gasteiger partial charge in [0.25, 0.3) is 0 Å². The molecule has 4 aliphatic rings. The van der Waals surface area contributed by atoms with Gasteiger partial charge < -0.3 is 9.64 Å². The van der Waals surface area contributed by atoms with E-state index in [1.807, 2.05) is 13.0 Å². The number of hydrogen-bond acceptors (Lipinski definition) is 3. The summed E-state index contributed by atoms with van der Waals surface area (Å²) in [6.07, 6.45) is 8.35. The minimum Gasteiger partial charge on any atom is -0.462 e. The molecule has 0 heterocycles. The minimum absolute atomic E-state index is 0.232. The average Bonchev–Trinajstić information content (AvgIpc) is 2.91. The summed E-state index contributed by atoms with van der Waals surface area (Å²) in [6.45, 7) is 3.87. The molecule has 0 spiro atoms. The summed E-state index contributed by atoms with van der Waals surface area (Å²) in [4.78, 5) is 15.3. The largest absolute Gasteiger partial charge is 0.462 e. The van der Waals surface area contributed by atoms with Gasteiger partial charge in [0.1, 0.15) is 0 Å². The second-order valence-electron chi connectivity index (χ2n) is 11.7. The molecule has 0 unspecified atom stereocenters. The highest BCUT2D eigenvalue weighted by Crippen LogP contribution is 2.57. The maximum absolute atomic E-state index is 12.8. The van der Waals surface area contributed by atoms with E-state index in [1.54, 1.807) is 0 Å². The highest BCUT2D eigenvalue weighted by molar-refractivity contribution is 5.91. The first kappa shape index (κ1) is 24.3. The lowest BCUT2D eigenvalue weighted by molar-refractivity contribution is -0.0359. The highest BCUT2D eigenvalue weighted by atomic mass is 16.5. The second kappa shape index (κ2) is 10.7. The number of esters is 1. The lowest BCUT2D eigenvalue weighted by Gasteiger charge is -2.54. The molecule has 7 rings (SSSR count). The Labute approximate surface area is 221 Å². The SMILES string of the molecule is CCOC(=O)c1ccc(CC2C3CC4CC(C3)CC2C4)c(N(Cc2ccccc2)Cc2ccccc2)c1. The van der Waals surface area contributed by atoms with Crippen LogP contribution in [0, 0.1) is 29.6 Å². The standard InChI is InChI=1S/C34H39NO2/c1-2-37-34(36)29-14-13-28(20-32-30-16-26-15-27(18-30)19-31(32)17-26)33(21-29)35(22-24-9-5-3-6-10-24)23-25-11-7-4-8-12-25/h3-14,21,26-27,30-32H,2,15-20,22-23H2,1H3. The van der Waals surface area contributed by atoms with Crippen molar-refractivity contribution in [3.05, 3.63) is 101 Å². The van der Waals surface area contributed by atoms with Crippen LogP contribution in [0.25, 0.3) is 0 Å².